The molecule has 1 saturated carbocycles. The first-order chi connectivity index (χ1) is 13.2. The molecule has 1 aliphatic carbocycles. The molecule has 1 unspecified atom stereocenters. The van der Waals surface area contributed by atoms with Crippen LogP contribution < -0.4 is 16.0 Å². The zero-order valence-corrected chi connectivity index (χ0v) is 16.1. The highest BCUT2D eigenvalue weighted by Gasteiger charge is 2.31. The molecule has 0 aromatic carbocycles. The smallest absolute Gasteiger partial charge is 0.267 e. The lowest BCUT2D eigenvalue weighted by Crippen LogP contribution is -2.51. The Morgan fingerprint density at radius 2 is 1.81 bits per heavy atom. The van der Waals surface area contributed by atoms with Crippen LogP contribution in [0.25, 0.3) is 0 Å². The molecule has 150 valence electrons. The summed E-state index contributed by atoms with van der Waals surface area (Å²) in [6, 6.07) is 0.679. The van der Waals surface area contributed by atoms with E-state index in [2.05, 4.69) is 25.8 Å². The molecule has 7 nitrogen and oxygen atoms in total. The van der Waals surface area contributed by atoms with E-state index in [1.807, 2.05) is 0 Å². The normalized spacial score (nSPS) is 28.7. The molecule has 0 radical (unpaired) electrons. The first-order valence-corrected chi connectivity index (χ1v) is 10.5. The molecule has 4 N–H and O–H groups in total. The number of nitrogens with one attached hydrogen (secondary N) is 3. The van der Waals surface area contributed by atoms with Crippen LogP contribution >= 0.6 is 0 Å². The predicted octanol–water partition coefficient (Wildman–Crippen LogP) is 0.527. The van der Waals surface area contributed by atoms with Crippen molar-refractivity contribution in [2.45, 2.75) is 44.3 Å². The Labute approximate surface area is 161 Å². The SMILES string of the molecule is O=C(NCC1CC1)C1=CC=C(O)C(N2CCCN(C3CCNCC3)CC2)N1. The zero-order chi connectivity index (χ0) is 18.6. The second-order valence-electron chi connectivity index (χ2n) is 8.28. The maximum absolute atomic E-state index is 12.4. The van der Waals surface area contributed by atoms with Gasteiger partial charge < -0.3 is 21.1 Å². The van der Waals surface area contributed by atoms with Crippen LogP contribution in [0.2, 0.25) is 0 Å². The van der Waals surface area contributed by atoms with Crippen molar-refractivity contribution in [1.82, 2.24) is 25.8 Å². The second kappa shape index (κ2) is 8.63. The predicted molar refractivity (Wildman–Crippen MR) is 105 cm³/mol. The number of amides is 1. The zero-order valence-electron chi connectivity index (χ0n) is 16.1. The molecule has 27 heavy (non-hydrogen) atoms. The number of nitrogens with zero attached hydrogens (tertiary/aromatic N) is 2. The standard InChI is InChI=1S/C20H33N5O2/c26-18-5-4-17(20(27)22-14-15-2-3-15)23-19(18)25-11-1-10-24(12-13-25)16-6-8-21-9-7-16/h4-5,15-16,19,21,23,26H,1-3,6-14H2,(H,22,27). The Balaban J connectivity index is 1.32. The van der Waals surface area contributed by atoms with Crippen molar-refractivity contribution in [2.24, 2.45) is 5.92 Å². The largest absolute Gasteiger partial charge is 0.509 e. The third-order valence-electron chi connectivity index (χ3n) is 6.24. The molecule has 1 atom stereocenters. The molecule has 4 aliphatic rings. The summed E-state index contributed by atoms with van der Waals surface area (Å²) in [4.78, 5) is 17.3. The number of carbonyl (C=O) groups excluding carboxylic acids is 1. The number of hydrogen-bond donors (Lipinski definition) is 4. The molecular formula is C20H33N5O2. The van der Waals surface area contributed by atoms with Gasteiger partial charge in [-0.25, -0.2) is 0 Å². The van der Waals surface area contributed by atoms with E-state index in [0.717, 1.165) is 52.2 Å². The molecule has 3 fully saturated rings. The minimum absolute atomic E-state index is 0.0678. The molecule has 0 aromatic heterocycles. The summed E-state index contributed by atoms with van der Waals surface area (Å²) in [7, 11) is 0. The lowest BCUT2D eigenvalue weighted by atomic mass is 10.0. The van der Waals surface area contributed by atoms with Gasteiger partial charge in [0.25, 0.3) is 5.91 Å². The maximum atomic E-state index is 12.4. The van der Waals surface area contributed by atoms with Gasteiger partial charge in [-0.1, -0.05) is 0 Å². The van der Waals surface area contributed by atoms with E-state index >= 15 is 0 Å². The lowest BCUT2D eigenvalue weighted by Gasteiger charge is -2.35. The van der Waals surface area contributed by atoms with Crippen LogP contribution in [0.4, 0.5) is 0 Å². The first-order valence-electron chi connectivity index (χ1n) is 10.5. The summed E-state index contributed by atoms with van der Waals surface area (Å²) in [5, 5.41) is 20.1. The van der Waals surface area contributed by atoms with Gasteiger partial charge in [-0.2, -0.15) is 0 Å². The fourth-order valence-electron chi connectivity index (χ4n) is 4.36. The highest BCUT2D eigenvalue weighted by molar-refractivity contribution is 5.93. The molecule has 4 rings (SSSR count). The Kier molecular flexibility index (Phi) is 6.00. The van der Waals surface area contributed by atoms with E-state index in [9.17, 15) is 9.90 Å². The number of piperidine rings is 1. The van der Waals surface area contributed by atoms with Gasteiger partial charge in [0.05, 0.1) is 0 Å². The minimum atomic E-state index is -0.301. The molecule has 0 bridgehead atoms. The molecular weight excluding hydrogens is 342 g/mol. The minimum Gasteiger partial charge on any atom is -0.509 e. The topological polar surface area (TPSA) is 79.9 Å². The van der Waals surface area contributed by atoms with Gasteiger partial charge >= 0.3 is 0 Å². The summed E-state index contributed by atoms with van der Waals surface area (Å²) >= 11 is 0. The summed E-state index contributed by atoms with van der Waals surface area (Å²) in [5.74, 6) is 0.885. The van der Waals surface area contributed by atoms with Crippen LogP contribution in [-0.2, 0) is 4.79 Å². The summed E-state index contributed by atoms with van der Waals surface area (Å²) in [6.07, 6.45) is 9.03. The molecule has 3 aliphatic heterocycles. The maximum Gasteiger partial charge on any atom is 0.267 e. The molecule has 0 spiro atoms. The van der Waals surface area contributed by atoms with Gasteiger partial charge in [-0.05, 0) is 69.8 Å². The fraction of sp³-hybridized carbons (Fsp3) is 0.750. The van der Waals surface area contributed by atoms with Crippen molar-refractivity contribution in [1.29, 1.82) is 0 Å². The second-order valence-corrected chi connectivity index (χ2v) is 8.28. The molecule has 2 saturated heterocycles. The highest BCUT2D eigenvalue weighted by atomic mass is 16.3. The fourth-order valence-corrected chi connectivity index (χ4v) is 4.36. The van der Waals surface area contributed by atoms with E-state index in [1.54, 1.807) is 12.2 Å². The van der Waals surface area contributed by atoms with E-state index < -0.39 is 0 Å². The van der Waals surface area contributed by atoms with Crippen LogP contribution in [0.15, 0.2) is 23.6 Å². The van der Waals surface area contributed by atoms with Crippen LogP contribution in [0.1, 0.15) is 32.1 Å². The number of hydrogen-bond acceptors (Lipinski definition) is 6. The van der Waals surface area contributed by atoms with Crippen LogP contribution in [0.5, 0.6) is 0 Å². The van der Waals surface area contributed by atoms with Gasteiger partial charge in [0, 0.05) is 32.2 Å². The Morgan fingerprint density at radius 3 is 2.59 bits per heavy atom. The quantitative estimate of drug-likeness (QED) is 0.561. The van der Waals surface area contributed by atoms with Crippen molar-refractivity contribution in [3.8, 4) is 0 Å². The number of aliphatic hydroxyl groups excluding tert-OH is 1. The van der Waals surface area contributed by atoms with Crippen LogP contribution in [0.3, 0.4) is 0 Å². The third-order valence-corrected chi connectivity index (χ3v) is 6.24. The number of aliphatic hydroxyl groups is 1. The first kappa shape index (κ1) is 18.8. The monoisotopic (exact) mass is 375 g/mol. The summed E-state index contributed by atoms with van der Waals surface area (Å²) < 4.78 is 0. The van der Waals surface area contributed by atoms with Crippen molar-refractivity contribution in [3.63, 3.8) is 0 Å². The summed E-state index contributed by atoms with van der Waals surface area (Å²) in [6.45, 7) is 6.94. The van der Waals surface area contributed by atoms with E-state index in [4.69, 9.17) is 0 Å². The molecule has 3 heterocycles. The number of carbonyl (C=O) groups is 1. The average Bonchev–Trinajstić information content (AvgIpc) is 3.54. The van der Waals surface area contributed by atoms with Gasteiger partial charge in [-0.15, -0.1) is 0 Å². The van der Waals surface area contributed by atoms with Gasteiger partial charge in [0.15, 0.2) is 0 Å². The highest BCUT2D eigenvalue weighted by Crippen LogP contribution is 2.27. The Hall–Kier alpha value is -1.57. The third kappa shape index (κ3) is 4.83. The van der Waals surface area contributed by atoms with Gasteiger partial charge in [0.1, 0.15) is 17.6 Å². The Bertz CT molecular complexity index is 595. The van der Waals surface area contributed by atoms with Gasteiger partial charge in [0.2, 0.25) is 0 Å². The molecule has 7 heteroatoms. The van der Waals surface area contributed by atoms with E-state index in [1.165, 1.54) is 25.7 Å². The Morgan fingerprint density at radius 1 is 1.07 bits per heavy atom. The molecule has 0 aromatic rings. The summed E-state index contributed by atoms with van der Waals surface area (Å²) in [5.41, 5.74) is 0.554. The molecule has 1 amide bonds. The van der Waals surface area contributed by atoms with E-state index in [-0.39, 0.29) is 12.1 Å². The van der Waals surface area contributed by atoms with Crippen molar-refractivity contribution in [3.05, 3.63) is 23.6 Å². The lowest BCUT2D eigenvalue weighted by molar-refractivity contribution is -0.118. The van der Waals surface area contributed by atoms with E-state index in [0.29, 0.717) is 23.4 Å². The van der Waals surface area contributed by atoms with Crippen molar-refractivity contribution < 1.29 is 9.90 Å². The van der Waals surface area contributed by atoms with Crippen molar-refractivity contribution >= 4 is 5.91 Å². The van der Waals surface area contributed by atoms with Crippen molar-refractivity contribution in [2.75, 3.05) is 45.8 Å². The van der Waals surface area contributed by atoms with Crippen LogP contribution in [-0.4, -0.2) is 78.8 Å². The number of allylic oxidation sites excluding steroid dienone is 2. The number of rotatable bonds is 5. The van der Waals surface area contributed by atoms with Gasteiger partial charge in [-0.3, -0.25) is 14.6 Å². The van der Waals surface area contributed by atoms with Crippen LogP contribution in [0, 0.1) is 5.92 Å². The average molecular weight is 376 g/mol. The number of dihydropyridines is 1.